The van der Waals surface area contributed by atoms with Gasteiger partial charge in [-0.25, -0.2) is 0 Å². The molecule has 3 heteroatoms. The molecular formula is C18H32Si3. The van der Waals surface area contributed by atoms with Crippen molar-refractivity contribution in [3.05, 3.63) is 47.0 Å². The van der Waals surface area contributed by atoms with E-state index in [1.807, 2.05) is 0 Å². The van der Waals surface area contributed by atoms with Crippen molar-refractivity contribution < 1.29 is 0 Å². The average Bonchev–Trinajstić information content (AvgIpc) is 2.32. The number of hydrogen-bond donors (Lipinski definition) is 0. The van der Waals surface area contributed by atoms with Crippen LogP contribution in [0.3, 0.4) is 0 Å². The number of allylic oxidation sites excluding steroid dienone is 1. The van der Waals surface area contributed by atoms with E-state index in [1.54, 1.807) is 4.82 Å². The Morgan fingerprint density at radius 2 is 1.43 bits per heavy atom. The second kappa shape index (κ2) is 6.66. The molecule has 116 valence electrons. The highest BCUT2D eigenvalue weighted by Gasteiger charge is 2.36. The van der Waals surface area contributed by atoms with Crippen LogP contribution >= 0.6 is 0 Å². The summed E-state index contributed by atoms with van der Waals surface area (Å²) in [6, 6.07) is 12.3. The van der Waals surface area contributed by atoms with Crippen LogP contribution in [0.4, 0.5) is 0 Å². The molecule has 0 aliphatic rings. The zero-order chi connectivity index (χ0) is 16.3. The summed E-state index contributed by atoms with van der Waals surface area (Å²) >= 11 is 0. The maximum absolute atomic E-state index is 3.80. The molecular weight excluding hydrogens is 300 g/mol. The zero-order valence-electron chi connectivity index (χ0n) is 15.2. The van der Waals surface area contributed by atoms with Crippen molar-refractivity contribution in [2.45, 2.75) is 58.4 Å². The van der Waals surface area contributed by atoms with Gasteiger partial charge in [-0.2, -0.15) is 0 Å². The first-order valence-electron chi connectivity index (χ1n) is 7.96. The molecule has 0 unspecified atom stereocenters. The number of hydrogen-bond acceptors (Lipinski definition) is 0. The molecule has 1 aromatic rings. The van der Waals surface area contributed by atoms with Crippen LogP contribution in [0, 0.1) is 0 Å². The monoisotopic (exact) mass is 332 g/mol. The third-order valence-corrected chi connectivity index (χ3v) is 14.2. The van der Waals surface area contributed by atoms with Gasteiger partial charge in [-0.1, -0.05) is 87.9 Å². The molecule has 0 fully saturated rings. The maximum atomic E-state index is 3.80. The SMILES string of the molecule is C[Si](C)(C)CC=C=C([Si](C)(C)C)[Si](C)(C)c1ccccc1. The second-order valence-electron chi connectivity index (χ2n) is 8.73. The summed E-state index contributed by atoms with van der Waals surface area (Å²) in [5.41, 5.74) is 3.80. The highest BCUT2D eigenvalue weighted by molar-refractivity contribution is 7.10. The van der Waals surface area contributed by atoms with Gasteiger partial charge in [0.15, 0.2) is 0 Å². The summed E-state index contributed by atoms with van der Waals surface area (Å²) in [4.78, 5) is 1.67. The largest absolute Gasteiger partial charge is 0.135 e. The van der Waals surface area contributed by atoms with E-state index in [0.717, 1.165) is 0 Å². The Balaban J connectivity index is 3.30. The standard InChI is InChI=1S/C18H32Si3/c1-19(2,3)16-12-15-18(20(4,5)6)21(7,8)17-13-10-9-11-14-17/h9-14H,16H2,1-8H3. The Morgan fingerprint density at radius 1 is 0.905 bits per heavy atom. The second-order valence-corrected chi connectivity index (χ2v) is 24.1. The molecule has 0 heterocycles. The van der Waals surface area contributed by atoms with Crippen LogP contribution in [0.25, 0.3) is 0 Å². The first kappa shape index (κ1) is 18.4. The predicted octanol–water partition coefficient (Wildman–Crippen LogP) is 5.44. The Kier molecular flexibility index (Phi) is 5.84. The lowest BCUT2D eigenvalue weighted by molar-refractivity contribution is 1.51. The minimum Gasteiger partial charge on any atom is -0.135 e. The quantitative estimate of drug-likeness (QED) is 0.497. The Hall–Kier alpha value is -0.609. The summed E-state index contributed by atoms with van der Waals surface area (Å²) < 4.78 is 0. The fraction of sp³-hybridized carbons (Fsp3) is 0.500. The van der Waals surface area contributed by atoms with Crippen molar-refractivity contribution in [3.63, 3.8) is 0 Å². The van der Waals surface area contributed by atoms with E-state index < -0.39 is 24.2 Å². The Morgan fingerprint density at radius 3 is 1.86 bits per heavy atom. The molecule has 0 aromatic heterocycles. The van der Waals surface area contributed by atoms with Gasteiger partial charge in [0.25, 0.3) is 0 Å². The van der Waals surface area contributed by atoms with Crippen molar-refractivity contribution in [2.75, 3.05) is 0 Å². The summed E-state index contributed by atoms with van der Waals surface area (Å²) in [7, 11) is -3.96. The Bertz CT molecular complexity index is 522. The smallest absolute Gasteiger partial charge is 0.112 e. The molecule has 1 rings (SSSR count). The van der Waals surface area contributed by atoms with E-state index in [-0.39, 0.29) is 0 Å². The third kappa shape index (κ3) is 5.59. The van der Waals surface area contributed by atoms with Crippen molar-refractivity contribution in [1.82, 2.24) is 0 Å². The van der Waals surface area contributed by atoms with Gasteiger partial charge in [0.05, 0.1) is 8.07 Å². The minimum absolute atomic E-state index is 1.02. The van der Waals surface area contributed by atoms with Crippen LogP contribution in [-0.4, -0.2) is 24.2 Å². The van der Waals surface area contributed by atoms with Crippen LogP contribution in [0.15, 0.2) is 47.0 Å². The number of rotatable bonds is 5. The molecule has 1 aromatic carbocycles. The summed E-state index contributed by atoms with van der Waals surface area (Å²) in [6.45, 7) is 19.7. The fourth-order valence-electron chi connectivity index (χ4n) is 2.79. The zero-order valence-corrected chi connectivity index (χ0v) is 18.2. The molecule has 0 N–H and O–H groups in total. The minimum atomic E-state index is -1.59. The molecule has 0 spiro atoms. The molecule has 0 nitrogen and oxygen atoms in total. The molecule has 21 heavy (non-hydrogen) atoms. The first-order valence-corrected chi connectivity index (χ1v) is 18.2. The molecule has 0 saturated heterocycles. The lowest BCUT2D eigenvalue weighted by Crippen LogP contribution is -2.51. The van der Waals surface area contributed by atoms with E-state index >= 15 is 0 Å². The molecule has 0 radical (unpaired) electrons. The third-order valence-electron chi connectivity index (χ3n) is 3.83. The van der Waals surface area contributed by atoms with Crippen molar-refractivity contribution in [2.24, 2.45) is 0 Å². The lowest BCUT2D eigenvalue weighted by Gasteiger charge is -2.33. The van der Waals surface area contributed by atoms with Crippen LogP contribution in [0.5, 0.6) is 0 Å². The summed E-state index contributed by atoms with van der Waals surface area (Å²) in [5, 5.41) is 1.54. The fourth-order valence-corrected chi connectivity index (χ4v) is 13.8. The van der Waals surface area contributed by atoms with Gasteiger partial charge < -0.3 is 0 Å². The van der Waals surface area contributed by atoms with Crippen molar-refractivity contribution in [1.29, 1.82) is 0 Å². The predicted molar refractivity (Wildman–Crippen MR) is 107 cm³/mol. The molecule has 0 saturated carbocycles. The topological polar surface area (TPSA) is 0 Å². The van der Waals surface area contributed by atoms with Crippen LogP contribution in [-0.2, 0) is 0 Å². The molecule has 0 aliphatic carbocycles. The number of benzene rings is 1. The van der Waals surface area contributed by atoms with E-state index in [9.17, 15) is 0 Å². The van der Waals surface area contributed by atoms with Crippen molar-refractivity contribution in [3.8, 4) is 0 Å². The van der Waals surface area contributed by atoms with Crippen molar-refractivity contribution >= 4 is 29.4 Å². The molecule has 0 amide bonds. The normalized spacial score (nSPS) is 12.8. The van der Waals surface area contributed by atoms with E-state index in [2.05, 4.69) is 94.5 Å². The maximum Gasteiger partial charge on any atom is 0.112 e. The lowest BCUT2D eigenvalue weighted by atomic mass is 10.4. The van der Waals surface area contributed by atoms with Gasteiger partial charge in [-0.15, -0.1) is 5.73 Å². The van der Waals surface area contributed by atoms with Gasteiger partial charge in [0, 0.05) is 8.07 Å². The van der Waals surface area contributed by atoms with Crippen LogP contribution < -0.4 is 5.19 Å². The molecule has 0 atom stereocenters. The Labute approximate surface area is 135 Å². The molecule has 0 bridgehead atoms. The van der Waals surface area contributed by atoms with Crippen LogP contribution in [0.2, 0.25) is 58.4 Å². The van der Waals surface area contributed by atoms with Crippen LogP contribution in [0.1, 0.15) is 0 Å². The molecule has 0 aliphatic heterocycles. The van der Waals surface area contributed by atoms with Gasteiger partial charge >= 0.3 is 0 Å². The summed E-state index contributed by atoms with van der Waals surface area (Å²) in [6.07, 6.45) is 2.36. The van der Waals surface area contributed by atoms with Gasteiger partial charge in [-0.05, 0) is 16.9 Å². The average molecular weight is 333 g/mol. The van der Waals surface area contributed by atoms with Gasteiger partial charge in [0.2, 0.25) is 0 Å². The first-order chi connectivity index (χ1) is 9.44. The highest BCUT2D eigenvalue weighted by Crippen LogP contribution is 2.25. The highest BCUT2D eigenvalue weighted by atomic mass is 28.4. The van der Waals surface area contributed by atoms with E-state index in [4.69, 9.17) is 0 Å². The summed E-state index contributed by atoms with van der Waals surface area (Å²) in [5.74, 6) is 0. The van der Waals surface area contributed by atoms with E-state index in [1.165, 1.54) is 11.2 Å². The van der Waals surface area contributed by atoms with E-state index in [0.29, 0.717) is 0 Å². The van der Waals surface area contributed by atoms with Gasteiger partial charge in [-0.3, -0.25) is 0 Å². The van der Waals surface area contributed by atoms with Gasteiger partial charge in [0.1, 0.15) is 8.07 Å².